The number of fused-ring (bicyclic) bond motifs is 1. The summed E-state index contributed by atoms with van der Waals surface area (Å²) < 4.78 is 24.3. The number of hydrogen-bond donors (Lipinski definition) is 2. The Hall–Kier alpha value is -4.16. The van der Waals surface area contributed by atoms with Crippen LogP contribution in [-0.2, 0) is 4.74 Å². The number of rotatable bonds is 9. The summed E-state index contributed by atoms with van der Waals surface area (Å²) >= 11 is 0. The maximum Gasteiger partial charge on any atom is 0.241 e. The van der Waals surface area contributed by atoms with Crippen molar-refractivity contribution in [3.8, 4) is 23.2 Å². The Morgan fingerprint density at radius 3 is 2.64 bits per heavy atom. The van der Waals surface area contributed by atoms with Crippen LogP contribution in [0.5, 0.6) is 17.2 Å². The lowest BCUT2D eigenvalue weighted by atomic mass is 10.2. The molecule has 1 aliphatic rings. The molecule has 3 N–H and O–H groups in total. The molecule has 0 amide bonds. The number of nitrogens with zero attached hydrogens (tertiary/aromatic N) is 6. The van der Waals surface area contributed by atoms with E-state index in [-0.39, 0.29) is 5.95 Å². The number of aromatic nitrogens is 5. The Kier molecular flexibility index (Phi) is 6.96. The molecule has 0 aliphatic carbocycles. The Morgan fingerprint density at radius 1 is 1.03 bits per heavy atom. The molecule has 36 heavy (non-hydrogen) atoms. The number of nitrogen functional groups attached to an aromatic ring is 1. The largest absolute Gasteiger partial charge is 0.493 e. The monoisotopic (exact) mass is 492 g/mol. The van der Waals surface area contributed by atoms with Crippen molar-refractivity contribution in [1.82, 2.24) is 29.4 Å². The third kappa shape index (κ3) is 4.95. The molecule has 12 nitrogen and oxygen atoms in total. The van der Waals surface area contributed by atoms with Crippen LogP contribution < -0.4 is 25.3 Å². The first-order chi connectivity index (χ1) is 17.7. The Balaban J connectivity index is 1.39. The molecule has 0 radical (unpaired) electrons. The average Bonchev–Trinajstić information content (AvgIpc) is 3.24. The molecule has 12 heteroatoms. The van der Waals surface area contributed by atoms with Gasteiger partial charge in [0.1, 0.15) is 12.9 Å². The van der Waals surface area contributed by atoms with E-state index in [2.05, 4.69) is 30.2 Å². The van der Waals surface area contributed by atoms with Crippen molar-refractivity contribution in [3.05, 3.63) is 42.7 Å². The van der Waals surface area contributed by atoms with Crippen LogP contribution in [0.1, 0.15) is 0 Å². The van der Waals surface area contributed by atoms with Gasteiger partial charge < -0.3 is 30.0 Å². The van der Waals surface area contributed by atoms with Crippen molar-refractivity contribution in [3.63, 3.8) is 0 Å². The van der Waals surface area contributed by atoms with Gasteiger partial charge in [-0.25, -0.2) is 19.5 Å². The van der Waals surface area contributed by atoms with Gasteiger partial charge in [0.15, 0.2) is 11.5 Å². The van der Waals surface area contributed by atoms with Crippen molar-refractivity contribution >= 4 is 28.6 Å². The minimum atomic E-state index is 0.287. The van der Waals surface area contributed by atoms with Gasteiger partial charge in [0, 0.05) is 37.5 Å². The van der Waals surface area contributed by atoms with E-state index in [1.54, 1.807) is 24.9 Å². The number of benzene rings is 2. The fourth-order valence-corrected chi connectivity index (χ4v) is 4.06. The van der Waals surface area contributed by atoms with Crippen LogP contribution in [0.3, 0.4) is 0 Å². The third-order valence-electron chi connectivity index (χ3n) is 5.82. The fourth-order valence-electron chi connectivity index (χ4n) is 4.06. The molecule has 0 unspecified atom stereocenters. The highest BCUT2D eigenvalue weighted by molar-refractivity contribution is 5.80. The van der Waals surface area contributed by atoms with Gasteiger partial charge in [-0.2, -0.15) is 4.98 Å². The Morgan fingerprint density at radius 2 is 1.83 bits per heavy atom. The van der Waals surface area contributed by atoms with E-state index >= 15 is 0 Å². The number of methoxy groups -OCH3 is 2. The van der Waals surface area contributed by atoms with Gasteiger partial charge in [0.2, 0.25) is 23.6 Å². The lowest BCUT2D eigenvalue weighted by Crippen LogP contribution is -2.38. The number of ether oxygens (including phenoxy) is 4. The van der Waals surface area contributed by atoms with E-state index in [1.807, 2.05) is 30.3 Å². The number of nitrogens with two attached hydrogens (primary N) is 1. The summed E-state index contributed by atoms with van der Waals surface area (Å²) in [7, 11) is 3.16. The zero-order valence-corrected chi connectivity index (χ0v) is 20.2. The highest BCUT2D eigenvalue weighted by atomic mass is 16.5. The molecular weight excluding hydrogens is 464 g/mol. The van der Waals surface area contributed by atoms with E-state index in [9.17, 15) is 0 Å². The van der Waals surface area contributed by atoms with Crippen molar-refractivity contribution in [2.45, 2.75) is 0 Å². The molecule has 1 fully saturated rings. The first kappa shape index (κ1) is 23.6. The van der Waals surface area contributed by atoms with E-state index < -0.39 is 0 Å². The van der Waals surface area contributed by atoms with Crippen molar-refractivity contribution in [1.29, 1.82) is 0 Å². The topological polar surface area (TPSA) is 135 Å². The predicted molar refractivity (Wildman–Crippen MR) is 134 cm³/mol. The summed E-state index contributed by atoms with van der Waals surface area (Å²) in [5, 5.41) is 3.20. The van der Waals surface area contributed by atoms with Gasteiger partial charge in [0.25, 0.3) is 0 Å². The SMILES string of the molecule is COc1cc(Nc2ncnc(-n3c(N)nc4ccccc43)n2)cc(OCCN2CCOCC2)c1OC. The normalized spacial score (nSPS) is 14.1. The molecule has 188 valence electrons. The van der Waals surface area contributed by atoms with Gasteiger partial charge in [0.05, 0.1) is 38.5 Å². The summed E-state index contributed by atoms with van der Waals surface area (Å²) in [5.74, 6) is 2.54. The minimum Gasteiger partial charge on any atom is -0.493 e. The summed E-state index contributed by atoms with van der Waals surface area (Å²) in [6, 6.07) is 11.2. The smallest absolute Gasteiger partial charge is 0.241 e. The molecule has 0 atom stereocenters. The van der Waals surface area contributed by atoms with Crippen LogP contribution >= 0.6 is 0 Å². The van der Waals surface area contributed by atoms with Gasteiger partial charge in [-0.15, -0.1) is 0 Å². The first-order valence-corrected chi connectivity index (χ1v) is 11.5. The Bertz CT molecular complexity index is 1340. The number of morpholine rings is 1. The molecule has 3 heterocycles. The second-order valence-electron chi connectivity index (χ2n) is 8.04. The maximum atomic E-state index is 6.15. The van der Waals surface area contributed by atoms with Crippen LogP contribution in [0.25, 0.3) is 17.0 Å². The number of para-hydroxylation sites is 2. The van der Waals surface area contributed by atoms with Crippen LogP contribution in [0, 0.1) is 0 Å². The molecule has 1 saturated heterocycles. The van der Waals surface area contributed by atoms with Gasteiger partial charge >= 0.3 is 0 Å². The lowest BCUT2D eigenvalue weighted by molar-refractivity contribution is 0.0321. The van der Waals surface area contributed by atoms with E-state index in [4.69, 9.17) is 24.7 Å². The zero-order valence-electron chi connectivity index (χ0n) is 20.2. The molecule has 2 aromatic carbocycles. The average molecular weight is 493 g/mol. The van der Waals surface area contributed by atoms with Crippen molar-refractivity contribution in [2.24, 2.45) is 0 Å². The summed E-state index contributed by atoms with van der Waals surface area (Å²) in [4.78, 5) is 19.8. The van der Waals surface area contributed by atoms with Crippen LogP contribution in [0.4, 0.5) is 17.6 Å². The molecule has 5 rings (SSSR count). The van der Waals surface area contributed by atoms with Crippen LogP contribution in [-0.4, -0.2) is 83.1 Å². The number of nitrogens with one attached hydrogen (secondary N) is 1. The third-order valence-corrected chi connectivity index (χ3v) is 5.82. The molecule has 4 aromatic rings. The lowest BCUT2D eigenvalue weighted by Gasteiger charge is -2.26. The second-order valence-corrected chi connectivity index (χ2v) is 8.04. The predicted octanol–water partition coefficient (Wildman–Crippen LogP) is 2.26. The van der Waals surface area contributed by atoms with Gasteiger partial charge in [-0.05, 0) is 12.1 Å². The van der Waals surface area contributed by atoms with E-state index in [0.717, 1.165) is 43.9 Å². The molecular formula is C24H28N8O4. The second kappa shape index (κ2) is 10.6. The van der Waals surface area contributed by atoms with E-state index in [0.29, 0.717) is 41.4 Å². The standard InChI is InChI=1S/C24H28N8O4/c1-33-19-13-16(14-20(21(19)34-2)36-12-9-31-7-10-35-11-8-31)28-23-26-15-27-24(30-23)32-18-6-4-3-5-17(18)29-22(32)25/h3-6,13-15H,7-12H2,1-2H3,(H2,25,29)(H,26,27,28,30). The summed E-state index contributed by atoms with van der Waals surface area (Å²) in [6.07, 6.45) is 1.42. The molecule has 2 aromatic heterocycles. The highest BCUT2D eigenvalue weighted by Gasteiger charge is 2.17. The number of anilines is 3. The van der Waals surface area contributed by atoms with Gasteiger partial charge in [-0.3, -0.25) is 4.90 Å². The maximum absolute atomic E-state index is 6.15. The van der Waals surface area contributed by atoms with Crippen LogP contribution in [0.2, 0.25) is 0 Å². The Labute approximate surface area is 208 Å². The quantitative estimate of drug-likeness (QED) is 0.356. The first-order valence-electron chi connectivity index (χ1n) is 11.5. The minimum absolute atomic E-state index is 0.287. The molecule has 0 spiro atoms. The fraction of sp³-hybridized carbons (Fsp3) is 0.333. The van der Waals surface area contributed by atoms with Crippen molar-refractivity contribution in [2.75, 3.05) is 64.7 Å². The van der Waals surface area contributed by atoms with Crippen LogP contribution in [0.15, 0.2) is 42.7 Å². The van der Waals surface area contributed by atoms with Gasteiger partial charge in [-0.1, -0.05) is 12.1 Å². The molecule has 0 bridgehead atoms. The number of hydrogen-bond acceptors (Lipinski definition) is 11. The summed E-state index contributed by atoms with van der Waals surface area (Å²) in [5.41, 5.74) is 8.37. The summed E-state index contributed by atoms with van der Waals surface area (Å²) in [6.45, 7) is 4.54. The molecule has 0 saturated carbocycles. The molecule has 1 aliphatic heterocycles. The zero-order chi connectivity index (χ0) is 24.9. The highest BCUT2D eigenvalue weighted by Crippen LogP contribution is 2.40. The van der Waals surface area contributed by atoms with Crippen molar-refractivity contribution < 1.29 is 18.9 Å². The number of imidazole rings is 1. The van der Waals surface area contributed by atoms with E-state index in [1.165, 1.54) is 6.33 Å².